The van der Waals surface area contributed by atoms with Crippen molar-refractivity contribution in [3.63, 3.8) is 0 Å². The Morgan fingerprint density at radius 2 is 2.13 bits per heavy atom. The lowest BCUT2D eigenvalue weighted by Gasteiger charge is -2.29. The summed E-state index contributed by atoms with van der Waals surface area (Å²) in [6.07, 6.45) is 3.52. The number of rotatable bonds is 6. The van der Waals surface area contributed by atoms with E-state index in [0.717, 1.165) is 56.9 Å². The normalized spacial score (nSPS) is 25.3. The van der Waals surface area contributed by atoms with Crippen LogP contribution < -0.4 is 5.32 Å². The van der Waals surface area contributed by atoms with Crippen LogP contribution in [0.2, 0.25) is 5.02 Å². The third kappa shape index (κ3) is 4.69. The molecule has 4 nitrogen and oxygen atoms in total. The second-order valence-corrected chi connectivity index (χ2v) is 7.16. The Morgan fingerprint density at radius 3 is 2.87 bits per heavy atom. The third-order valence-electron chi connectivity index (χ3n) is 4.91. The van der Waals surface area contributed by atoms with Crippen molar-refractivity contribution in [3.8, 4) is 0 Å². The number of halogens is 1. The minimum Gasteiger partial charge on any atom is -0.393 e. The molecule has 5 heteroatoms. The summed E-state index contributed by atoms with van der Waals surface area (Å²) >= 11 is 6.01. The van der Waals surface area contributed by atoms with E-state index in [0.29, 0.717) is 5.92 Å². The molecule has 2 unspecified atom stereocenters. The molecule has 1 saturated carbocycles. The molecule has 1 aromatic carbocycles. The van der Waals surface area contributed by atoms with E-state index in [1.165, 1.54) is 5.56 Å². The summed E-state index contributed by atoms with van der Waals surface area (Å²) in [6, 6.07) is 7.82. The fourth-order valence-corrected chi connectivity index (χ4v) is 3.58. The molecular weight excluding hydrogens is 312 g/mol. The number of aliphatic hydroxyl groups is 1. The summed E-state index contributed by atoms with van der Waals surface area (Å²) in [5, 5.41) is 13.3. The quantitative estimate of drug-likeness (QED) is 0.784. The van der Waals surface area contributed by atoms with Crippen LogP contribution in [0.1, 0.15) is 37.2 Å². The van der Waals surface area contributed by atoms with Crippen LogP contribution in [-0.2, 0) is 4.79 Å². The Hall–Kier alpha value is -1.10. The standard InChI is InChI=1S/C18H25ClN2O2/c19-14-4-1-3-13(11-14)16-12-17(16)18(23)20-7-2-8-21-9-5-15(22)6-10-21/h1,3-4,11,15-17,22H,2,5-10,12H2,(H,20,23). The highest BCUT2D eigenvalue weighted by Gasteiger charge is 2.43. The number of hydrogen-bond donors (Lipinski definition) is 2. The highest BCUT2D eigenvalue weighted by molar-refractivity contribution is 6.30. The van der Waals surface area contributed by atoms with Crippen molar-refractivity contribution < 1.29 is 9.90 Å². The van der Waals surface area contributed by atoms with E-state index in [4.69, 9.17) is 11.6 Å². The molecular formula is C18H25ClN2O2. The number of nitrogens with zero attached hydrogens (tertiary/aromatic N) is 1. The Kier molecular flexibility index (Phi) is 5.57. The minimum atomic E-state index is -0.121. The van der Waals surface area contributed by atoms with Crippen LogP contribution in [0.3, 0.4) is 0 Å². The Balaban J connectivity index is 1.33. The largest absolute Gasteiger partial charge is 0.393 e. The summed E-state index contributed by atoms with van der Waals surface area (Å²) in [6.45, 7) is 3.66. The Bertz CT molecular complexity index is 544. The van der Waals surface area contributed by atoms with Gasteiger partial charge in [0.05, 0.1) is 6.10 Å². The first-order chi connectivity index (χ1) is 11.1. The maximum Gasteiger partial charge on any atom is 0.223 e. The summed E-state index contributed by atoms with van der Waals surface area (Å²) < 4.78 is 0. The monoisotopic (exact) mass is 336 g/mol. The molecule has 3 rings (SSSR count). The lowest BCUT2D eigenvalue weighted by Crippen LogP contribution is -2.37. The van der Waals surface area contributed by atoms with Gasteiger partial charge in [-0.2, -0.15) is 0 Å². The van der Waals surface area contributed by atoms with Crippen molar-refractivity contribution in [2.45, 2.75) is 37.7 Å². The number of hydrogen-bond acceptors (Lipinski definition) is 3. The van der Waals surface area contributed by atoms with E-state index in [9.17, 15) is 9.90 Å². The lowest BCUT2D eigenvalue weighted by molar-refractivity contribution is -0.122. The molecule has 1 aliphatic heterocycles. The molecule has 1 heterocycles. The number of benzene rings is 1. The highest BCUT2D eigenvalue weighted by Crippen LogP contribution is 2.47. The zero-order valence-corrected chi connectivity index (χ0v) is 14.1. The third-order valence-corrected chi connectivity index (χ3v) is 5.15. The molecule has 1 saturated heterocycles. The lowest BCUT2D eigenvalue weighted by atomic mass is 10.1. The van der Waals surface area contributed by atoms with Crippen molar-refractivity contribution >= 4 is 17.5 Å². The van der Waals surface area contributed by atoms with E-state index in [1.807, 2.05) is 18.2 Å². The van der Waals surface area contributed by atoms with Gasteiger partial charge in [0.15, 0.2) is 0 Å². The molecule has 2 fully saturated rings. The van der Waals surface area contributed by atoms with E-state index in [2.05, 4.69) is 16.3 Å². The van der Waals surface area contributed by atoms with Gasteiger partial charge in [-0.05, 0) is 55.8 Å². The van der Waals surface area contributed by atoms with Crippen LogP contribution in [0.5, 0.6) is 0 Å². The molecule has 23 heavy (non-hydrogen) atoms. The van der Waals surface area contributed by atoms with Crippen LogP contribution in [0.4, 0.5) is 0 Å². The van der Waals surface area contributed by atoms with Gasteiger partial charge in [-0.1, -0.05) is 23.7 Å². The average Bonchev–Trinajstić information content (AvgIpc) is 3.34. The number of nitrogens with one attached hydrogen (secondary N) is 1. The molecule has 0 spiro atoms. The summed E-state index contributed by atoms with van der Waals surface area (Å²) in [4.78, 5) is 14.5. The maximum atomic E-state index is 12.2. The molecule has 1 amide bonds. The van der Waals surface area contributed by atoms with Gasteiger partial charge in [0.1, 0.15) is 0 Å². The van der Waals surface area contributed by atoms with Crippen molar-refractivity contribution in [1.29, 1.82) is 0 Å². The molecule has 2 aliphatic rings. The number of piperidine rings is 1. The molecule has 2 atom stereocenters. The molecule has 0 bridgehead atoms. The number of carbonyl (C=O) groups is 1. The van der Waals surface area contributed by atoms with Gasteiger partial charge in [0.2, 0.25) is 5.91 Å². The van der Waals surface area contributed by atoms with Gasteiger partial charge in [-0.3, -0.25) is 4.79 Å². The zero-order valence-electron chi connectivity index (χ0n) is 13.4. The molecule has 0 radical (unpaired) electrons. The summed E-state index contributed by atoms with van der Waals surface area (Å²) in [7, 11) is 0. The molecule has 0 aromatic heterocycles. The predicted octanol–water partition coefficient (Wildman–Crippen LogP) is 2.41. The van der Waals surface area contributed by atoms with Crippen LogP contribution in [0.25, 0.3) is 0 Å². The van der Waals surface area contributed by atoms with Gasteiger partial charge >= 0.3 is 0 Å². The van der Waals surface area contributed by atoms with Crippen molar-refractivity contribution in [3.05, 3.63) is 34.9 Å². The maximum absolute atomic E-state index is 12.2. The van der Waals surface area contributed by atoms with E-state index < -0.39 is 0 Å². The topological polar surface area (TPSA) is 52.6 Å². The van der Waals surface area contributed by atoms with Gasteiger partial charge < -0.3 is 15.3 Å². The first-order valence-corrected chi connectivity index (χ1v) is 8.95. The fourth-order valence-electron chi connectivity index (χ4n) is 3.38. The van der Waals surface area contributed by atoms with Crippen LogP contribution in [0, 0.1) is 5.92 Å². The van der Waals surface area contributed by atoms with Gasteiger partial charge in [-0.25, -0.2) is 0 Å². The number of likely N-dealkylation sites (tertiary alicyclic amines) is 1. The Morgan fingerprint density at radius 1 is 1.35 bits per heavy atom. The zero-order chi connectivity index (χ0) is 16.2. The van der Waals surface area contributed by atoms with E-state index >= 15 is 0 Å². The van der Waals surface area contributed by atoms with Gasteiger partial charge in [-0.15, -0.1) is 0 Å². The SMILES string of the molecule is O=C(NCCCN1CCC(O)CC1)C1CC1c1cccc(Cl)c1. The van der Waals surface area contributed by atoms with E-state index in [-0.39, 0.29) is 17.9 Å². The molecule has 126 valence electrons. The number of amides is 1. The van der Waals surface area contributed by atoms with Crippen LogP contribution in [-0.4, -0.2) is 48.2 Å². The smallest absolute Gasteiger partial charge is 0.223 e. The van der Waals surface area contributed by atoms with E-state index in [1.54, 1.807) is 0 Å². The van der Waals surface area contributed by atoms with Crippen LogP contribution in [0.15, 0.2) is 24.3 Å². The molecule has 1 aromatic rings. The fraction of sp³-hybridized carbons (Fsp3) is 0.611. The second kappa shape index (κ2) is 7.65. The number of carbonyl (C=O) groups excluding carboxylic acids is 1. The van der Waals surface area contributed by atoms with Crippen molar-refractivity contribution in [1.82, 2.24) is 10.2 Å². The second-order valence-electron chi connectivity index (χ2n) is 6.72. The van der Waals surface area contributed by atoms with Crippen molar-refractivity contribution in [2.24, 2.45) is 5.92 Å². The van der Waals surface area contributed by atoms with Crippen molar-refractivity contribution in [2.75, 3.05) is 26.2 Å². The van der Waals surface area contributed by atoms with Crippen LogP contribution >= 0.6 is 11.6 Å². The summed E-state index contributed by atoms with van der Waals surface area (Å²) in [5.74, 6) is 0.611. The van der Waals surface area contributed by atoms with Gasteiger partial charge in [0.25, 0.3) is 0 Å². The minimum absolute atomic E-state index is 0.110. The first kappa shape index (κ1) is 16.7. The highest BCUT2D eigenvalue weighted by atomic mass is 35.5. The first-order valence-electron chi connectivity index (χ1n) is 8.57. The summed E-state index contributed by atoms with van der Waals surface area (Å²) in [5.41, 5.74) is 1.17. The Labute approximate surface area is 142 Å². The van der Waals surface area contributed by atoms with Gasteiger partial charge in [0, 0.05) is 30.6 Å². The predicted molar refractivity (Wildman–Crippen MR) is 91.6 cm³/mol. The number of aliphatic hydroxyl groups excluding tert-OH is 1. The molecule has 2 N–H and O–H groups in total. The average molecular weight is 337 g/mol. The molecule has 1 aliphatic carbocycles.